The van der Waals surface area contributed by atoms with Gasteiger partial charge >= 0.3 is 11.8 Å². The zero-order valence-electron chi connectivity index (χ0n) is 12.0. The Hall–Kier alpha value is -2.79. The Labute approximate surface area is 137 Å². The highest BCUT2D eigenvalue weighted by atomic mass is 35.5. The third kappa shape index (κ3) is 3.35. The van der Waals surface area contributed by atoms with E-state index in [9.17, 15) is 9.59 Å². The first-order valence-corrected chi connectivity index (χ1v) is 7.32. The second kappa shape index (κ2) is 6.54. The van der Waals surface area contributed by atoms with Crippen LogP contribution in [-0.2, 0) is 16.1 Å². The molecule has 0 aliphatic heterocycles. The van der Waals surface area contributed by atoms with Crippen molar-refractivity contribution in [2.45, 2.75) is 6.54 Å². The van der Waals surface area contributed by atoms with Gasteiger partial charge in [0.05, 0.1) is 17.0 Å². The first kappa shape index (κ1) is 15.1. The number of carbonyl (C=O) groups is 2. The highest BCUT2D eigenvalue weighted by molar-refractivity contribution is 6.41. The zero-order chi connectivity index (χ0) is 16.2. The maximum atomic E-state index is 11.9. The van der Waals surface area contributed by atoms with Gasteiger partial charge in [0.2, 0.25) is 0 Å². The fraction of sp³-hybridized carbons (Fsp3) is 0.0588. The molecule has 1 heterocycles. The Kier molecular flexibility index (Phi) is 4.30. The Morgan fingerprint density at radius 3 is 2.57 bits per heavy atom. The number of hydrogen-bond acceptors (Lipinski definition) is 3. The number of para-hydroxylation sites is 2. The van der Waals surface area contributed by atoms with E-state index in [2.05, 4.69) is 10.6 Å². The molecule has 116 valence electrons. The topological polar surface area (TPSA) is 71.3 Å². The fourth-order valence-electron chi connectivity index (χ4n) is 2.17. The van der Waals surface area contributed by atoms with Crippen molar-refractivity contribution in [2.75, 3.05) is 5.32 Å². The minimum absolute atomic E-state index is 0.200. The van der Waals surface area contributed by atoms with E-state index in [1.807, 2.05) is 24.3 Å². The quantitative estimate of drug-likeness (QED) is 0.724. The van der Waals surface area contributed by atoms with Crippen molar-refractivity contribution in [3.05, 3.63) is 65.4 Å². The first-order valence-electron chi connectivity index (χ1n) is 6.94. The van der Waals surface area contributed by atoms with Crippen molar-refractivity contribution < 1.29 is 14.0 Å². The summed E-state index contributed by atoms with van der Waals surface area (Å²) in [4.78, 5) is 23.8. The van der Waals surface area contributed by atoms with Gasteiger partial charge in [0.15, 0.2) is 0 Å². The molecular weight excluding hydrogens is 316 g/mol. The van der Waals surface area contributed by atoms with Gasteiger partial charge in [-0.05, 0) is 18.2 Å². The molecule has 0 aliphatic rings. The van der Waals surface area contributed by atoms with Crippen LogP contribution in [-0.4, -0.2) is 11.8 Å². The molecular formula is C17H13ClN2O3. The van der Waals surface area contributed by atoms with Crippen LogP contribution in [0.25, 0.3) is 11.0 Å². The summed E-state index contributed by atoms with van der Waals surface area (Å²) in [6.45, 7) is 0.200. The van der Waals surface area contributed by atoms with E-state index in [0.717, 1.165) is 16.5 Å². The summed E-state index contributed by atoms with van der Waals surface area (Å²) < 4.78 is 5.38. The Morgan fingerprint density at radius 1 is 1.00 bits per heavy atom. The smallest absolute Gasteiger partial charge is 0.313 e. The number of benzene rings is 2. The second-order valence-electron chi connectivity index (χ2n) is 4.87. The van der Waals surface area contributed by atoms with E-state index in [1.54, 1.807) is 30.5 Å². The number of anilines is 1. The molecule has 6 heteroatoms. The van der Waals surface area contributed by atoms with Crippen LogP contribution in [0.2, 0.25) is 5.02 Å². The lowest BCUT2D eigenvalue weighted by Gasteiger charge is -2.07. The van der Waals surface area contributed by atoms with Gasteiger partial charge < -0.3 is 15.1 Å². The molecule has 0 atom stereocenters. The molecule has 3 rings (SSSR count). The molecule has 3 aromatic rings. The van der Waals surface area contributed by atoms with Crippen LogP contribution >= 0.6 is 11.6 Å². The van der Waals surface area contributed by atoms with Crippen LogP contribution < -0.4 is 10.6 Å². The molecule has 0 saturated heterocycles. The van der Waals surface area contributed by atoms with Crippen molar-refractivity contribution in [2.24, 2.45) is 0 Å². The third-order valence-electron chi connectivity index (χ3n) is 3.33. The normalized spacial score (nSPS) is 10.5. The van der Waals surface area contributed by atoms with Crippen LogP contribution in [0, 0.1) is 0 Å². The average molecular weight is 329 g/mol. The standard InChI is InChI=1S/C17H13ClN2O3/c18-13-6-2-3-7-14(13)20-17(22)16(21)19-9-11-10-23-15-8-4-1-5-12(11)15/h1-8,10H,9H2,(H,19,21)(H,20,22). The van der Waals surface area contributed by atoms with E-state index >= 15 is 0 Å². The summed E-state index contributed by atoms with van der Waals surface area (Å²) in [5.74, 6) is -1.51. The van der Waals surface area contributed by atoms with Crippen molar-refractivity contribution in [1.29, 1.82) is 0 Å². The summed E-state index contributed by atoms with van der Waals surface area (Å²) in [5.41, 5.74) is 1.93. The van der Waals surface area contributed by atoms with E-state index in [4.69, 9.17) is 16.0 Å². The molecule has 5 nitrogen and oxygen atoms in total. The number of furan rings is 1. The Bertz CT molecular complexity index is 873. The lowest BCUT2D eigenvalue weighted by molar-refractivity contribution is -0.136. The van der Waals surface area contributed by atoms with Gasteiger partial charge in [0, 0.05) is 17.5 Å². The van der Waals surface area contributed by atoms with Gasteiger partial charge in [-0.2, -0.15) is 0 Å². The maximum absolute atomic E-state index is 11.9. The molecule has 2 N–H and O–H groups in total. The summed E-state index contributed by atoms with van der Waals surface area (Å²) in [5, 5.41) is 6.31. The number of amides is 2. The van der Waals surface area contributed by atoms with Gasteiger partial charge in [0.25, 0.3) is 0 Å². The Balaban J connectivity index is 1.63. The molecule has 0 fully saturated rings. The van der Waals surface area contributed by atoms with Crippen LogP contribution in [0.1, 0.15) is 5.56 Å². The maximum Gasteiger partial charge on any atom is 0.313 e. The molecule has 2 aromatic carbocycles. The van der Waals surface area contributed by atoms with E-state index in [1.165, 1.54) is 0 Å². The second-order valence-corrected chi connectivity index (χ2v) is 5.28. The number of hydrogen-bond donors (Lipinski definition) is 2. The van der Waals surface area contributed by atoms with Gasteiger partial charge in [-0.3, -0.25) is 9.59 Å². The van der Waals surface area contributed by atoms with E-state index in [-0.39, 0.29) is 6.54 Å². The molecule has 23 heavy (non-hydrogen) atoms. The number of nitrogens with one attached hydrogen (secondary N) is 2. The highest BCUT2D eigenvalue weighted by Gasteiger charge is 2.15. The molecule has 0 saturated carbocycles. The minimum Gasteiger partial charge on any atom is -0.464 e. The van der Waals surface area contributed by atoms with Crippen molar-refractivity contribution in [3.8, 4) is 0 Å². The van der Waals surface area contributed by atoms with Crippen LogP contribution in [0.5, 0.6) is 0 Å². The molecule has 0 spiro atoms. The van der Waals surface area contributed by atoms with Crippen molar-refractivity contribution >= 4 is 40.1 Å². The molecule has 0 bridgehead atoms. The minimum atomic E-state index is -0.772. The summed E-state index contributed by atoms with van der Waals surface area (Å²) in [6.07, 6.45) is 1.57. The molecule has 0 aliphatic carbocycles. The van der Waals surface area contributed by atoms with Gasteiger partial charge in [0.1, 0.15) is 5.58 Å². The largest absolute Gasteiger partial charge is 0.464 e. The molecule has 0 radical (unpaired) electrons. The van der Waals surface area contributed by atoms with E-state index < -0.39 is 11.8 Å². The summed E-state index contributed by atoms with van der Waals surface area (Å²) in [6, 6.07) is 14.2. The number of fused-ring (bicyclic) bond motifs is 1. The van der Waals surface area contributed by atoms with Gasteiger partial charge in [-0.1, -0.05) is 41.9 Å². The number of halogens is 1. The zero-order valence-corrected chi connectivity index (χ0v) is 12.8. The number of rotatable bonds is 3. The van der Waals surface area contributed by atoms with Crippen LogP contribution in [0.4, 0.5) is 5.69 Å². The number of carbonyl (C=O) groups excluding carboxylic acids is 2. The molecule has 1 aromatic heterocycles. The fourth-order valence-corrected chi connectivity index (χ4v) is 2.35. The summed E-state index contributed by atoms with van der Waals surface area (Å²) in [7, 11) is 0. The first-order chi connectivity index (χ1) is 11.1. The van der Waals surface area contributed by atoms with Crippen molar-refractivity contribution in [3.63, 3.8) is 0 Å². The van der Waals surface area contributed by atoms with Crippen molar-refractivity contribution in [1.82, 2.24) is 5.32 Å². The average Bonchev–Trinajstić information content (AvgIpc) is 2.98. The van der Waals surface area contributed by atoms with E-state index in [0.29, 0.717) is 10.7 Å². The summed E-state index contributed by atoms with van der Waals surface area (Å²) >= 11 is 5.94. The lowest BCUT2D eigenvalue weighted by atomic mass is 10.2. The predicted octanol–water partition coefficient (Wildman–Crippen LogP) is 3.34. The monoisotopic (exact) mass is 328 g/mol. The van der Waals surface area contributed by atoms with Crippen LogP contribution in [0.15, 0.2) is 59.2 Å². The Morgan fingerprint density at radius 2 is 1.74 bits per heavy atom. The molecule has 0 unspecified atom stereocenters. The highest BCUT2D eigenvalue weighted by Crippen LogP contribution is 2.21. The van der Waals surface area contributed by atoms with Gasteiger partial charge in [-0.15, -0.1) is 0 Å². The van der Waals surface area contributed by atoms with Crippen LogP contribution in [0.3, 0.4) is 0 Å². The predicted molar refractivity (Wildman–Crippen MR) is 88.1 cm³/mol. The molecule has 2 amide bonds. The SMILES string of the molecule is O=C(NCc1coc2ccccc12)C(=O)Nc1ccccc1Cl. The van der Waals surface area contributed by atoms with Gasteiger partial charge in [-0.25, -0.2) is 0 Å². The third-order valence-corrected chi connectivity index (χ3v) is 3.66. The lowest BCUT2D eigenvalue weighted by Crippen LogP contribution is -2.34.